The van der Waals surface area contributed by atoms with Crippen molar-refractivity contribution in [3.05, 3.63) is 95.1 Å². The maximum Gasteiger partial charge on any atom is 0.247 e. The molecule has 1 aliphatic rings. The molecule has 0 bridgehead atoms. The van der Waals surface area contributed by atoms with E-state index in [1.54, 1.807) is 12.0 Å². The van der Waals surface area contributed by atoms with Gasteiger partial charge in [0.1, 0.15) is 11.8 Å². The minimum atomic E-state index is -0.734. The number of hydrogen-bond donors (Lipinski definition) is 1. The van der Waals surface area contributed by atoms with E-state index in [4.69, 9.17) is 4.74 Å². The Kier molecular flexibility index (Phi) is 8.28. The minimum absolute atomic E-state index is 0.0309. The molecule has 2 heterocycles. The highest BCUT2D eigenvalue weighted by molar-refractivity contribution is 14.1. The van der Waals surface area contributed by atoms with E-state index in [9.17, 15) is 9.59 Å². The first-order valence-electron chi connectivity index (χ1n) is 12.5. The zero-order valence-corrected chi connectivity index (χ0v) is 24.4. The number of fused-ring (bicyclic) bond motifs is 3. The monoisotopic (exact) mass is 639 g/mol. The number of methoxy groups -OCH3 is 1. The summed E-state index contributed by atoms with van der Waals surface area (Å²) in [5.74, 6) is 0.792. The predicted octanol–water partition coefficient (Wildman–Crippen LogP) is 5.66. The van der Waals surface area contributed by atoms with Crippen molar-refractivity contribution in [3.63, 3.8) is 0 Å². The molecule has 196 valence electrons. The van der Waals surface area contributed by atoms with E-state index in [1.807, 2.05) is 49.5 Å². The molecule has 1 unspecified atom stereocenters. The summed E-state index contributed by atoms with van der Waals surface area (Å²) in [6, 6.07) is 23.5. The topological polar surface area (TPSA) is 63.6 Å². The van der Waals surface area contributed by atoms with Gasteiger partial charge in [-0.1, -0.05) is 95.0 Å². The molecule has 8 heteroatoms. The number of aromatic nitrogens is 1. The average molecular weight is 640 g/mol. The zero-order chi connectivity index (χ0) is 26.6. The van der Waals surface area contributed by atoms with Crippen LogP contribution in [0, 0.1) is 0 Å². The number of nitrogens with one attached hydrogen (secondary N) is 1. The molecule has 2 amide bonds. The van der Waals surface area contributed by atoms with Crippen LogP contribution >= 0.6 is 34.4 Å². The molecule has 0 aliphatic carbocycles. The van der Waals surface area contributed by atoms with Crippen molar-refractivity contribution in [1.82, 2.24) is 14.8 Å². The molecular weight excluding hydrogens is 609 g/mol. The Labute approximate surface area is 240 Å². The van der Waals surface area contributed by atoms with E-state index in [2.05, 4.69) is 62.8 Å². The lowest BCUT2D eigenvalue weighted by Gasteiger charge is -2.30. The Morgan fingerprint density at radius 1 is 1.05 bits per heavy atom. The predicted molar refractivity (Wildman–Crippen MR) is 161 cm³/mol. The third-order valence-electron chi connectivity index (χ3n) is 7.04. The van der Waals surface area contributed by atoms with E-state index in [0.717, 1.165) is 42.8 Å². The molecule has 0 radical (unpaired) electrons. The first-order valence-corrected chi connectivity index (χ1v) is 15.1. The van der Waals surface area contributed by atoms with Crippen LogP contribution in [0.5, 0.6) is 5.75 Å². The maximum atomic E-state index is 14.0. The number of para-hydroxylation sites is 2. The van der Waals surface area contributed by atoms with E-state index < -0.39 is 6.04 Å². The van der Waals surface area contributed by atoms with Crippen LogP contribution in [0.25, 0.3) is 10.9 Å². The highest BCUT2D eigenvalue weighted by Crippen LogP contribution is 2.41. The summed E-state index contributed by atoms with van der Waals surface area (Å²) in [6.07, 6.45) is 0.675. The van der Waals surface area contributed by atoms with Gasteiger partial charge in [-0.05, 0) is 29.7 Å². The number of nitrogens with zero attached hydrogens (tertiary/aromatic N) is 2. The number of halogens is 1. The van der Waals surface area contributed by atoms with Gasteiger partial charge in [0.2, 0.25) is 11.8 Å². The molecule has 0 spiro atoms. The lowest BCUT2D eigenvalue weighted by atomic mass is 10.0. The molecule has 0 fully saturated rings. The Bertz CT molecular complexity index is 1470. The number of rotatable bonds is 8. The molecule has 0 saturated carbocycles. The van der Waals surface area contributed by atoms with Gasteiger partial charge in [-0.25, -0.2) is 0 Å². The molecule has 1 N–H and O–H groups in total. The summed E-state index contributed by atoms with van der Waals surface area (Å²) in [4.78, 5) is 29.3. The van der Waals surface area contributed by atoms with E-state index >= 15 is 0 Å². The van der Waals surface area contributed by atoms with E-state index in [1.165, 1.54) is 17.3 Å². The maximum absolute atomic E-state index is 14.0. The number of carbonyl (C=O) groups excluding carboxylic acids is 2. The molecule has 4 aromatic rings. The van der Waals surface area contributed by atoms with Gasteiger partial charge < -0.3 is 19.5 Å². The van der Waals surface area contributed by atoms with Gasteiger partial charge in [-0.15, -0.1) is 0 Å². The zero-order valence-electron chi connectivity index (χ0n) is 21.4. The highest BCUT2D eigenvalue weighted by atomic mass is 127. The molecule has 38 heavy (non-hydrogen) atoms. The van der Waals surface area contributed by atoms with Gasteiger partial charge in [-0.3, -0.25) is 9.59 Å². The Morgan fingerprint density at radius 3 is 2.53 bits per heavy atom. The van der Waals surface area contributed by atoms with Gasteiger partial charge in [0.05, 0.1) is 17.9 Å². The highest BCUT2D eigenvalue weighted by Gasteiger charge is 2.38. The second-order valence-electron chi connectivity index (χ2n) is 9.30. The summed E-state index contributed by atoms with van der Waals surface area (Å²) in [5.41, 5.74) is 5.26. The first-order chi connectivity index (χ1) is 18.5. The summed E-state index contributed by atoms with van der Waals surface area (Å²) in [5, 5.41) is 5.08. The van der Waals surface area contributed by atoms with Gasteiger partial charge in [0, 0.05) is 46.6 Å². The number of benzene rings is 3. The van der Waals surface area contributed by atoms with Crippen LogP contribution < -0.4 is 10.1 Å². The van der Waals surface area contributed by atoms with Crippen LogP contribution in [0.3, 0.4) is 0 Å². The molecule has 3 aromatic carbocycles. The fourth-order valence-corrected chi connectivity index (χ4v) is 6.65. The largest absolute Gasteiger partial charge is 0.496 e. The van der Waals surface area contributed by atoms with Crippen LogP contribution in [0.1, 0.15) is 28.3 Å². The van der Waals surface area contributed by atoms with Crippen molar-refractivity contribution >= 4 is 57.1 Å². The third kappa shape index (κ3) is 5.29. The summed E-state index contributed by atoms with van der Waals surface area (Å²) < 4.78 is 8.54. The van der Waals surface area contributed by atoms with Crippen molar-refractivity contribution in [3.8, 4) is 5.75 Å². The summed E-state index contributed by atoms with van der Waals surface area (Å²) >= 11 is 3.87. The van der Waals surface area contributed by atoms with Gasteiger partial charge in [0.15, 0.2) is 0 Å². The number of hydrogen-bond acceptors (Lipinski definition) is 4. The van der Waals surface area contributed by atoms with Gasteiger partial charge >= 0.3 is 0 Å². The van der Waals surface area contributed by atoms with Crippen LogP contribution in [0.4, 0.5) is 0 Å². The quantitative estimate of drug-likeness (QED) is 0.200. The molecule has 0 saturated heterocycles. The molecule has 1 aromatic heterocycles. The van der Waals surface area contributed by atoms with Crippen molar-refractivity contribution in [2.45, 2.75) is 28.5 Å². The SMILES string of the molecule is COc1ccccc1CNC(=O)C1c2c(n(C)c3ccccc23)SCC(=O)N1CCc1ccc(CI)cc1. The summed E-state index contributed by atoms with van der Waals surface area (Å²) in [7, 11) is 3.63. The normalized spacial score (nSPS) is 15.3. The third-order valence-corrected chi connectivity index (χ3v) is 9.08. The van der Waals surface area contributed by atoms with Crippen molar-refractivity contribution < 1.29 is 14.3 Å². The fraction of sp³-hybridized carbons (Fsp3) is 0.267. The molecule has 6 nitrogen and oxygen atoms in total. The van der Waals surface area contributed by atoms with Crippen LogP contribution in [-0.2, 0) is 34.0 Å². The average Bonchev–Trinajstić information content (AvgIpc) is 3.14. The standard InChI is InChI=1S/C30H30IN3O3S/c1-33-24-9-5-4-8-23(24)27-28(29(36)32-18-22-7-3-6-10-25(22)37-2)34(26(35)19-38-30(27)33)16-15-20-11-13-21(17-31)14-12-20/h3-14,28H,15-19H2,1-2H3,(H,32,36). The smallest absolute Gasteiger partial charge is 0.247 e. The van der Waals surface area contributed by atoms with Crippen molar-refractivity contribution in [2.24, 2.45) is 7.05 Å². The molecule has 5 rings (SSSR count). The first kappa shape index (κ1) is 26.6. The fourth-order valence-electron chi connectivity index (χ4n) is 5.05. The van der Waals surface area contributed by atoms with Crippen molar-refractivity contribution in [2.75, 3.05) is 19.4 Å². The number of amides is 2. The number of aryl methyl sites for hydroxylation is 1. The number of ether oxygens (including phenoxy) is 1. The van der Waals surface area contributed by atoms with Crippen LogP contribution in [-0.4, -0.2) is 40.7 Å². The number of alkyl halides is 1. The van der Waals surface area contributed by atoms with Gasteiger partial charge in [-0.2, -0.15) is 0 Å². The van der Waals surface area contributed by atoms with E-state index in [0.29, 0.717) is 25.3 Å². The lowest BCUT2D eigenvalue weighted by Crippen LogP contribution is -2.44. The molecule has 1 atom stereocenters. The van der Waals surface area contributed by atoms with Crippen LogP contribution in [0.2, 0.25) is 0 Å². The molecule has 1 aliphatic heterocycles. The lowest BCUT2D eigenvalue weighted by molar-refractivity contribution is -0.138. The minimum Gasteiger partial charge on any atom is -0.496 e. The van der Waals surface area contributed by atoms with Crippen molar-refractivity contribution in [1.29, 1.82) is 0 Å². The Hall–Kier alpha value is -2.98. The molecular formula is C30H30IN3O3S. The second-order valence-corrected chi connectivity index (χ2v) is 11.0. The Morgan fingerprint density at radius 2 is 1.76 bits per heavy atom. The number of thioether (sulfide) groups is 1. The van der Waals surface area contributed by atoms with E-state index in [-0.39, 0.29) is 11.8 Å². The second kappa shape index (κ2) is 11.8. The van der Waals surface area contributed by atoms with Crippen LogP contribution in [0.15, 0.2) is 77.8 Å². The Balaban J connectivity index is 1.51. The summed E-state index contributed by atoms with van der Waals surface area (Å²) in [6.45, 7) is 0.769. The van der Waals surface area contributed by atoms with Gasteiger partial charge in [0.25, 0.3) is 0 Å². The number of carbonyl (C=O) groups is 2.